The Morgan fingerprint density at radius 1 is 1.00 bits per heavy atom. The van der Waals surface area contributed by atoms with E-state index >= 15 is 0 Å². The van der Waals surface area contributed by atoms with Gasteiger partial charge in [0.2, 0.25) is 0 Å². The van der Waals surface area contributed by atoms with Gasteiger partial charge in [0.15, 0.2) is 0 Å². The molecule has 0 bridgehead atoms. The maximum Gasteiger partial charge on any atom is 0.311 e. The molecule has 0 spiro atoms. The summed E-state index contributed by atoms with van der Waals surface area (Å²) in [5.41, 5.74) is -0.424. The molecule has 0 unspecified atom stereocenters. The summed E-state index contributed by atoms with van der Waals surface area (Å²) in [4.78, 5) is 22.0. The monoisotopic (exact) mass is 302 g/mol. The third kappa shape index (κ3) is 11.3. The van der Waals surface area contributed by atoms with Crippen molar-refractivity contribution in [3.63, 3.8) is 0 Å². The zero-order chi connectivity index (χ0) is 16.1. The molecule has 0 aromatic heterocycles. The van der Waals surface area contributed by atoms with Crippen molar-refractivity contribution in [2.24, 2.45) is 5.41 Å². The maximum atomic E-state index is 11.7. The highest BCUT2D eigenvalue weighted by molar-refractivity contribution is 5.75. The summed E-state index contributed by atoms with van der Waals surface area (Å²) < 4.78 is 10.5. The molecule has 124 valence electrons. The van der Waals surface area contributed by atoms with Crippen LogP contribution in [-0.2, 0) is 19.1 Å². The van der Waals surface area contributed by atoms with Gasteiger partial charge in [-0.05, 0) is 46.5 Å². The average molecular weight is 302 g/mol. The van der Waals surface area contributed by atoms with E-state index in [2.05, 4.69) is 0 Å². The number of carboxylic acid groups (broad SMARTS) is 1. The van der Waals surface area contributed by atoms with Crippen LogP contribution in [0, 0.1) is 5.41 Å². The lowest BCUT2D eigenvalue weighted by Gasteiger charge is -2.21. The first-order chi connectivity index (χ1) is 9.90. The number of carbonyl (C=O) groups excluding carboxylic acids is 1. The van der Waals surface area contributed by atoms with Crippen molar-refractivity contribution in [2.75, 3.05) is 19.8 Å². The molecule has 0 saturated heterocycles. The fourth-order valence-corrected chi connectivity index (χ4v) is 1.96. The lowest BCUT2D eigenvalue weighted by atomic mass is 9.87. The highest BCUT2D eigenvalue weighted by Gasteiger charge is 2.28. The van der Waals surface area contributed by atoms with Crippen LogP contribution in [-0.4, -0.2) is 36.9 Å². The molecular formula is C16H30O5. The van der Waals surface area contributed by atoms with Gasteiger partial charge in [-0.3, -0.25) is 9.59 Å². The minimum absolute atomic E-state index is 0.135. The number of hydrogen-bond acceptors (Lipinski definition) is 4. The number of rotatable bonds is 13. The molecule has 0 heterocycles. The van der Waals surface area contributed by atoms with Crippen LogP contribution in [0.15, 0.2) is 0 Å². The zero-order valence-electron chi connectivity index (χ0n) is 13.7. The molecule has 1 N–H and O–H groups in total. The minimum Gasteiger partial charge on any atom is -0.481 e. The van der Waals surface area contributed by atoms with Crippen LogP contribution in [0.3, 0.4) is 0 Å². The summed E-state index contributed by atoms with van der Waals surface area (Å²) in [5, 5.41) is 8.49. The largest absolute Gasteiger partial charge is 0.481 e. The first-order valence-corrected chi connectivity index (χ1v) is 7.87. The Balaban J connectivity index is 3.43. The maximum absolute atomic E-state index is 11.7. The normalized spacial score (nSPS) is 11.4. The van der Waals surface area contributed by atoms with Crippen LogP contribution in [0.4, 0.5) is 0 Å². The summed E-state index contributed by atoms with van der Waals surface area (Å²) >= 11 is 0. The third-order valence-electron chi connectivity index (χ3n) is 3.35. The summed E-state index contributed by atoms with van der Waals surface area (Å²) in [5.74, 6) is -0.871. The van der Waals surface area contributed by atoms with Gasteiger partial charge in [0.05, 0.1) is 12.0 Å². The van der Waals surface area contributed by atoms with Crippen LogP contribution in [0.25, 0.3) is 0 Å². The molecule has 0 aromatic carbocycles. The van der Waals surface area contributed by atoms with Crippen molar-refractivity contribution in [2.45, 2.75) is 65.7 Å². The van der Waals surface area contributed by atoms with Crippen molar-refractivity contribution in [1.82, 2.24) is 0 Å². The Kier molecular flexibility index (Phi) is 10.9. The molecule has 0 fully saturated rings. The number of aliphatic carboxylic acids is 1. The summed E-state index contributed by atoms with van der Waals surface area (Å²) in [6, 6.07) is 0. The summed E-state index contributed by atoms with van der Waals surface area (Å²) in [6.45, 7) is 7.44. The van der Waals surface area contributed by atoms with E-state index in [0.717, 1.165) is 32.1 Å². The molecular weight excluding hydrogens is 272 g/mol. The molecule has 0 rings (SSSR count). The number of unbranched alkanes of at least 4 members (excludes halogenated alkanes) is 3. The first-order valence-electron chi connectivity index (χ1n) is 7.87. The molecule has 0 aliphatic rings. The van der Waals surface area contributed by atoms with Gasteiger partial charge in [-0.1, -0.05) is 12.8 Å². The molecule has 0 aliphatic heterocycles. The second kappa shape index (κ2) is 11.5. The quantitative estimate of drug-likeness (QED) is 0.417. The first kappa shape index (κ1) is 19.9. The van der Waals surface area contributed by atoms with E-state index in [1.54, 1.807) is 0 Å². The average Bonchev–Trinajstić information content (AvgIpc) is 2.40. The van der Waals surface area contributed by atoms with E-state index in [4.69, 9.17) is 14.6 Å². The van der Waals surface area contributed by atoms with E-state index in [0.29, 0.717) is 26.2 Å². The molecule has 0 amide bonds. The minimum atomic E-state index is -0.736. The number of carbonyl (C=O) groups is 2. The predicted octanol–water partition coefficient (Wildman–Crippen LogP) is 3.41. The van der Waals surface area contributed by atoms with Gasteiger partial charge in [0.1, 0.15) is 0 Å². The van der Waals surface area contributed by atoms with Gasteiger partial charge in [-0.15, -0.1) is 0 Å². The smallest absolute Gasteiger partial charge is 0.311 e. The highest BCUT2D eigenvalue weighted by atomic mass is 16.5. The third-order valence-corrected chi connectivity index (χ3v) is 3.35. The molecule has 21 heavy (non-hydrogen) atoms. The van der Waals surface area contributed by atoms with Crippen molar-refractivity contribution < 1.29 is 24.2 Å². The Morgan fingerprint density at radius 3 is 2.19 bits per heavy atom. The van der Waals surface area contributed by atoms with Crippen LogP contribution in [0.5, 0.6) is 0 Å². The molecule has 0 aliphatic carbocycles. The van der Waals surface area contributed by atoms with Crippen LogP contribution in [0.1, 0.15) is 65.7 Å². The zero-order valence-corrected chi connectivity index (χ0v) is 13.7. The van der Waals surface area contributed by atoms with E-state index in [-0.39, 0.29) is 12.4 Å². The van der Waals surface area contributed by atoms with Crippen molar-refractivity contribution in [1.29, 1.82) is 0 Å². The molecule has 5 heteroatoms. The Bertz CT molecular complexity index is 299. The predicted molar refractivity (Wildman–Crippen MR) is 81.2 cm³/mol. The van der Waals surface area contributed by atoms with Crippen molar-refractivity contribution in [3.05, 3.63) is 0 Å². The fraction of sp³-hybridized carbons (Fsp3) is 0.875. The van der Waals surface area contributed by atoms with Crippen LogP contribution in [0.2, 0.25) is 0 Å². The lowest BCUT2D eigenvalue weighted by Crippen LogP contribution is -2.26. The SMILES string of the molecule is CCOC(=O)C(C)(C)CCCCOCCCCCC(=O)O. The second-order valence-corrected chi connectivity index (χ2v) is 5.88. The van der Waals surface area contributed by atoms with Crippen molar-refractivity contribution >= 4 is 11.9 Å². The van der Waals surface area contributed by atoms with E-state index in [9.17, 15) is 9.59 Å². The van der Waals surface area contributed by atoms with Crippen molar-refractivity contribution in [3.8, 4) is 0 Å². The van der Waals surface area contributed by atoms with E-state index in [1.807, 2.05) is 20.8 Å². The Labute approximate surface area is 128 Å². The second-order valence-electron chi connectivity index (χ2n) is 5.88. The van der Waals surface area contributed by atoms with Crippen LogP contribution < -0.4 is 0 Å². The van der Waals surface area contributed by atoms with Gasteiger partial charge in [-0.25, -0.2) is 0 Å². The molecule has 0 radical (unpaired) electrons. The number of ether oxygens (including phenoxy) is 2. The Hall–Kier alpha value is -1.10. The van der Waals surface area contributed by atoms with Crippen LogP contribution >= 0.6 is 0 Å². The fourth-order valence-electron chi connectivity index (χ4n) is 1.96. The Morgan fingerprint density at radius 2 is 1.62 bits per heavy atom. The number of carboxylic acids is 1. The van der Waals surface area contributed by atoms with Gasteiger partial charge in [0, 0.05) is 19.6 Å². The molecule has 5 nitrogen and oxygen atoms in total. The molecule has 0 aromatic rings. The standard InChI is InChI=1S/C16H30O5/c1-4-21-15(19)16(2,3)11-7-9-13-20-12-8-5-6-10-14(17)18/h4-13H2,1-3H3,(H,17,18). The lowest BCUT2D eigenvalue weighted by molar-refractivity contribution is -0.153. The molecule has 0 atom stereocenters. The number of esters is 1. The summed E-state index contributed by atoms with van der Waals surface area (Å²) in [6.07, 6.45) is 5.41. The van der Waals surface area contributed by atoms with Gasteiger partial charge < -0.3 is 14.6 Å². The topological polar surface area (TPSA) is 72.8 Å². The highest BCUT2D eigenvalue weighted by Crippen LogP contribution is 2.24. The van der Waals surface area contributed by atoms with Gasteiger partial charge in [-0.2, -0.15) is 0 Å². The summed E-state index contributed by atoms with van der Waals surface area (Å²) in [7, 11) is 0. The molecule has 0 saturated carbocycles. The van der Waals surface area contributed by atoms with Gasteiger partial charge in [0.25, 0.3) is 0 Å². The van der Waals surface area contributed by atoms with Gasteiger partial charge >= 0.3 is 11.9 Å². The van der Waals surface area contributed by atoms with E-state index < -0.39 is 11.4 Å². The van der Waals surface area contributed by atoms with E-state index in [1.165, 1.54) is 0 Å². The number of hydrogen-bond donors (Lipinski definition) is 1.